The molecule has 0 radical (unpaired) electrons. The second kappa shape index (κ2) is 10.7. The van der Waals surface area contributed by atoms with Gasteiger partial charge in [0.25, 0.3) is 0 Å². The Hall–Kier alpha value is -6.64. The molecular formula is C49H31NO. The number of benzene rings is 8. The lowest BCUT2D eigenvalue weighted by atomic mass is 9.70. The molecule has 1 heterocycles. The Bertz CT molecular complexity index is 2750. The van der Waals surface area contributed by atoms with Gasteiger partial charge < -0.3 is 9.32 Å². The second-order valence-electron chi connectivity index (χ2n) is 13.6. The molecule has 9 aromatic rings. The van der Waals surface area contributed by atoms with Crippen molar-refractivity contribution in [3.63, 3.8) is 0 Å². The van der Waals surface area contributed by atoms with E-state index in [0.29, 0.717) is 0 Å². The maximum absolute atomic E-state index is 6.32. The first-order chi connectivity index (χ1) is 25.3. The standard InChI is InChI=1S/C49H31NO/c1-2-13-32(14-3-1)33-25-27-34(28-26-33)50(35-29-30-47-41(31-35)39-18-7-11-24-46(39)51-47)45-23-12-19-40-38-17-6-10-22-44(38)49(48(40)45)42-20-8-4-15-36(42)37-16-5-9-21-43(37)49/h1-31H. The Morgan fingerprint density at radius 3 is 1.61 bits per heavy atom. The van der Waals surface area contributed by atoms with Crippen molar-refractivity contribution < 1.29 is 4.42 Å². The van der Waals surface area contributed by atoms with Crippen molar-refractivity contribution in [2.45, 2.75) is 5.41 Å². The number of furan rings is 1. The molecule has 2 aliphatic carbocycles. The molecule has 2 nitrogen and oxygen atoms in total. The number of hydrogen-bond acceptors (Lipinski definition) is 2. The van der Waals surface area contributed by atoms with E-state index in [0.717, 1.165) is 39.0 Å². The predicted molar refractivity (Wildman–Crippen MR) is 210 cm³/mol. The Morgan fingerprint density at radius 2 is 0.902 bits per heavy atom. The van der Waals surface area contributed by atoms with E-state index in [4.69, 9.17) is 4.42 Å². The van der Waals surface area contributed by atoms with Crippen LogP contribution in [0.2, 0.25) is 0 Å². The van der Waals surface area contributed by atoms with Crippen LogP contribution in [0.25, 0.3) is 55.3 Å². The average Bonchev–Trinajstić information content (AvgIpc) is 3.83. The van der Waals surface area contributed by atoms with Gasteiger partial charge in [-0.15, -0.1) is 0 Å². The topological polar surface area (TPSA) is 16.4 Å². The van der Waals surface area contributed by atoms with Crippen LogP contribution >= 0.6 is 0 Å². The largest absolute Gasteiger partial charge is 0.456 e. The van der Waals surface area contributed by atoms with E-state index in [1.807, 2.05) is 6.07 Å². The smallest absolute Gasteiger partial charge is 0.135 e. The van der Waals surface area contributed by atoms with Gasteiger partial charge in [-0.05, 0) is 92.5 Å². The molecule has 0 aliphatic heterocycles. The van der Waals surface area contributed by atoms with E-state index in [9.17, 15) is 0 Å². The summed E-state index contributed by atoms with van der Waals surface area (Å²) in [6.45, 7) is 0. The molecule has 0 amide bonds. The van der Waals surface area contributed by atoms with Crippen LogP contribution in [0.4, 0.5) is 17.1 Å². The normalized spacial score (nSPS) is 13.3. The summed E-state index contributed by atoms with van der Waals surface area (Å²) >= 11 is 0. The van der Waals surface area contributed by atoms with Crippen molar-refractivity contribution in [2.24, 2.45) is 0 Å². The van der Waals surface area contributed by atoms with Crippen molar-refractivity contribution in [2.75, 3.05) is 4.90 Å². The van der Waals surface area contributed by atoms with Gasteiger partial charge in [-0.1, -0.05) is 146 Å². The van der Waals surface area contributed by atoms with Gasteiger partial charge in [-0.3, -0.25) is 0 Å². The Labute approximate surface area is 296 Å². The van der Waals surface area contributed by atoms with E-state index >= 15 is 0 Å². The fourth-order valence-corrected chi connectivity index (χ4v) is 9.03. The molecule has 11 rings (SSSR count). The molecule has 0 bridgehead atoms. The van der Waals surface area contributed by atoms with E-state index in [1.165, 1.54) is 55.6 Å². The van der Waals surface area contributed by atoms with Gasteiger partial charge in [0.05, 0.1) is 11.1 Å². The highest BCUT2D eigenvalue weighted by Crippen LogP contribution is 2.65. The van der Waals surface area contributed by atoms with Crippen LogP contribution in [0.3, 0.4) is 0 Å². The van der Waals surface area contributed by atoms with E-state index in [1.54, 1.807) is 0 Å². The highest BCUT2D eigenvalue weighted by Gasteiger charge is 2.53. The number of nitrogens with zero attached hydrogens (tertiary/aromatic N) is 1. The number of para-hydroxylation sites is 1. The molecule has 238 valence electrons. The van der Waals surface area contributed by atoms with Gasteiger partial charge in [-0.2, -0.15) is 0 Å². The summed E-state index contributed by atoms with van der Waals surface area (Å²) in [6, 6.07) is 68.5. The lowest BCUT2D eigenvalue weighted by molar-refractivity contribution is 0.669. The molecule has 2 heteroatoms. The molecule has 1 aromatic heterocycles. The zero-order valence-electron chi connectivity index (χ0n) is 27.8. The van der Waals surface area contributed by atoms with Gasteiger partial charge in [-0.25, -0.2) is 0 Å². The van der Waals surface area contributed by atoms with Gasteiger partial charge in [0.15, 0.2) is 0 Å². The minimum absolute atomic E-state index is 0.482. The summed E-state index contributed by atoms with van der Waals surface area (Å²) in [6.07, 6.45) is 0. The Kier molecular flexibility index (Phi) is 5.91. The highest BCUT2D eigenvalue weighted by molar-refractivity contribution is 6.07. The fraction of sp³-hybridized carbons (Fsp3) is 0.0204. The number of fused-ring (bicyclic) bond motifs is 13. The lowest BCUT2D eigenvalue weighted by Crippen LogP contribution is -2.28. The monoisotopic (exact) mass is 649 g/mol. The summed E-state index contributed by atoms with van der Waals surface area (Å²) in [4.78, 5) is 2.46. The molecular weight excluding hydrogens is 619 g/mol. The summed E-state index contributed by atoms with van der Waals surface area (Å²) in [5.41, 5.74) is 17.5. The third kappa shape index (κ3) is 3.87. The van der Waals surface area contributed by atoms with Crippen LogP contribution in [0.5, 0.6) is 0 Å². The first-order valence-corrected chi connectivity index (χ1v) is 17.6. The third-order valence-electron chi connectivity index (χ3n) is 11.1. The quantitative estimate of drug-likeness (QED) is 0.189. The molecule has 0 saturated heterocycles. The lowest BCUT2D eigenvalue weighted by Gasteiger charge is -2.35. The zero-order chi connectivity index (χ0) is 33.5. The van der Waals surface area contributed by atoms with Crippen molar-refractivity contribution >= 4 is 39.0 Å². The third-order valence-corrected chi connectivity index (χ3v) is 11.1. The molecule has 2 aliphatic rings. The Morgan fingerprint density at radius 1 is 0.373 bits per heavy atom. The van der Waals surface area contributed by atoms with Crippen molar-refractivity contribution in [3.8, 4) is 33.4 Å². The summed E-state index contributed by atoms with van der Waals surface area (Å²) in [5.74, 6) is 0. The maximum atomic E-state index is 6.32. The predicted octanol–water partition coefficient (Wildman–Crippen LogP) is 13.1. The molecule has 1 spiro atoms. The van der Waals surface area contributed by atoms with Crippen molar-refractivity contribution in [1.82, 2.24) is 0 Å². The average molecular weight is 650 g/mol. The molecule has 0 saturated carbocycles. The first-order valence-electron chi connectivity index (χ1n) is 17.6. The second-order valence-corrected chi connectivity index (χ2v) is 13.6. The molecule has 0 N–H and O–H groups in total. The molecule has 0 fully saturated rings. The zero-order valence-corrected chi connectivity index (χ0v) is 27.8. The van der Waals surface area contributed by atoms with Crippen LogP contribution in [-0.4, -0.2) is 0 Å². The molecule has 0 unspecified atom stereocenters. The van der Waals surface area contributed by atoms with E-state index in [2.05, 4.69) is 187 Å². The van der Waals surface area contributed by atoms with Crippen LogP contribution in [0.15, 0.2) is 192 Å². The minimum atomic E-state index is -0.482. The molecule has 8 aromatic carbocycles. The van der Waals surface area contributed by atoms with Gasteiger partial charge >= 0.3 is 0 Å². The highest BCUT2D eigenvalue weighted by atomic mass is 16.3. The van der Waals surface area contributed by atoms with Crippen LogP contribution in [0, 0.1) is 0 Å². The Balaban J connectivity index is 1.23. The van der Waals surface area contributed by atoms with Crippen LogP contribution in [0.1, 0.15) is 22.3 Å². The summed E-state index contributed by atoms with van der Waals surface area (Å²) in [5, 5.41) is 2.23. The molecule has 0 atom stereocenters. The van der Waals surface area contributed by atoms with E-state index < -0.39 is 5.41 Å². The van der Waals surface area contributed by atoms with Gasteiger partial charge in [0.1, 0.15) is 11.2 Å². The SMILES string of the molecule is c1ccc(-c2ccc(N(c3ccc4oc5ccccc5c4c3)c3cccc4c3C3(c5ccccc5-c5ccccc53)c3ccccc3-4)cc2)cc1. The number of rotatable bonds is 4. The molecule has 51 heavy (non-hydrogen) atoms. The number of hydrogen-bond donors (Lipinski definition) is 0. The van der Waals surface area contributed by atoms with Crippen LogP contribution < -0.4 is 4.90 Å². The van der Waals surface area contributed by atoms with E-state index in [-0.39, 0.29) is 0 Å². The van der Waals surface area contributed by atoms with Gasteiger partial charge in [0, 0.05) is 27.7 Å². The van der Waals surface area contributed by atoms with Gasteiger partial charge in [0.2, 0.25) is 0 Å². The minimum Gasteiger partial charge on any atom is -0.456 e. The fourth-order valence-electron chi connectivity index (χ4n) is 9.03. The maximum Gasteiger partial charge on any atom is 0.135 e. The van der Waals surface area contributed by atoms with Crippen LogP contribution in [-0.2, 0) is 5.41 Å². The van der Waals surface area contributed by atoms with Crippen molar-refractivity contribution in [3.05, 3.63) is 210 Å². The first kappa shape index (κ1) is 28.2. The van der Waals surface area contributed by atoms with Crippen molar-refractivity contribution in [1.29, 1.82) is 0 Å². The number of anilines is 3. The summed E-state index contributed by atoms with van der Waals surface area (Å²) in [7, 11) is 0. The summed E-state index contributed by atoms with van der Waals surface area (Å²) < 4.78 is 6.32.